The van der Waals surface area contributed by atoms with Crippen molar-refractivity contribution in [2.24, 2.45) is 0 Å². The molecule has 2 atom stereocenters. The van der Waals surface area contributed by atoms with Crippen molar-refractivity contribution in [2.45, 2.75) is 411 Å². The summed E-state index contributed by atoms with van der Waals surface area (Å²) in [4.78, 5) is 37.6. The Hall–Kier alpha value is -2.75. The van der Waals surface area contributed by atoms with Crippen LogP contribution in [0, 0.1) is 0 Å². The van der Waals surface area contributed by atoms with Gasteiger partial charge in [-0.2, -0.15) is 0 Å². The zero-order valence-electron chi connectivity index (χ0n) is 61.2. The monoisotopic (exact) mass is 1280 g/mol. The van der Waals surface area contributed by atoms with Gasteiger partial charge in [0.2, 0.25) is 0 Å². The van der Waals surface area contributed by atoms with Crippen LogP contribution in [0.15, 0.2) is 48.6 Å². The molecule has 0 N–H and O–H groups in total. The third-order valence-electron chi connectivity index (χ3n) is 18.0. The molecule has 534 valence electrons. The standard InChI is InChI=1S/C82H153NO8/c1-6-8-10-12-14-16-18-20-22-24-26-28-30-32-34-35-36-37-38-39-40-41-42-43-44-45-47-48-50-52-54-56-58-60-62-64-66-68-70-72-79(84)89-76-78(77-90-82(81(86)87)88-75-74-83(3,4)5)91-80(85)73-71-69-67-65-63-61-59-57-55-53-51-49-46-33-31-29-27-25-23-21-19-17-15-13-11-9-7-2/h19,21,24-27,31,33,78,82H,6-18,20,22-23,28-30,32,34-77H2,1-5H3/b21-19-,26-24-,27-25-,33-31-. The van der Waals surface area contributed by atoms with Crippen LogP contribution in [-0.2, 0) is 33.3 Å². The summed E-state index contributed by atoms with van der Waals surface area (Å²) >= 11 is 0. The highest BCUT2D eigenvalue weighted by atomic mass is 16.7. The van der Waals surface area contributed by atoms with Gasteiger partial charge < -0.3 is 33.3 Å². The Balaban J connectivity index is 3.96. The fourth-order valence-corrected chi connectivity index (χ4v) is 12.0. The molecule has 0 spiro atoms. The van der Waals surface area contributed by atoms with E-state index in [1.807, 2.05) is 21.1 Å². The van der Waals surface area contributed by atoms with Gasteiger partial charge in [0.05, 0.1) is 40.3 Å². The number of likely N-dealkylation sites (N-methyl/N-ethyl adjacent to an activating group) is 1. The lowest BCUT2D eigenvalue weighted by atomic mass is 10.0. The van der Waals surface area contributed by atoms with Gasteiger partial charge in [0.25, 0.3) is 0 Å². The van der Waals surface area contributed by atoms with Crippen LogP contribution >= 0.6 is 0 Å². The van der Waals surface area contributed by atoms with E-state index in [-0.39, 0.29) is 32.2 Å². The minimum atomic E-state index is -1.62. The number of carboxylic acid groups (broad SMARTS) is 1. The van der Waals surface area contributed by atoms with Crippen molar-refractivity contribution in [1.82, 2.24) is 0 Å². The Bertz CT molecular complexity index is 1630. The first-order valence-electron chi connectivity index (χ1n) is 39.8. The second-order valence-corrected chi connectivity index (χ2v) is 28.4. The summed E-state index contributed by atoms with van der Waals surface area (Å²) in [6.07, 6.45) is 92.4. The number of carbonyl (C=O) groups excluding carboxylic acids is 3. The summed E-state index contributed by atoms with van der Waals surface area (Å²) in [5, 5.41) is 11.8. The van der Waals surface area contributed by atoms with E-state index in [4.69, 9.17) is 18.9 Å². The van der Waals surface area contributed by atoms with Crippen LogP contribution in [0.1, 0.15) is 399 Å². The van der Waals surface area contributed by atoms with Crippen molar-refractivity contribution in [2.75, 3.05) is 47.5 Å². The van der Waals surface area contributed by atoms with Gasteiger partial charge in [0.15, 0.2) is 12.4 Å². The number of nitrogens with zero attached hydrogens (tertiary/aromatic N) is 1. The number of rotatable bonds is 75. The minimum Gasteiger partial charge on any atom is -0.545 e. The van der Waals surface area contributed by atoms with E-state index in [2.05, 4.69) is 62.5 Å². The van der Waals surface area contributed by atoms with Crippen LogP contribution in [0.3, 0.4) is 0 Å². The molecule has 0 bridgehead atoms. The smallest absolute Gasteiger partial charge is 0.306 e. The Morgan fingerprint density at radius 2 is 0.593 bits per heavy atom. The van der Waals surface area contributed by atoms with Crippen molar-refractivity contribution in [1.29, 1.82) is 0 Å². The first-order chi connectivity index (χ1) is 44.6. The molecule has 0 saturated carbocycles. The van der Waals surface area contributed by atoms with Crippen LogP contribution < -0.4 is 5.11 Å². The average molecular weight is 1280 g/mol. The zero-order valence-corrected chi connectivity index (χ0v) is 61.2. The van der Waals surface area contributed by atoms with E-state index < -0.39 is 24.3 Å². The zero-order chi connectivity index (χ0) is 66.1. The van der Waals surface area contributed by atoms with Gasteiger partial charge in [0.1, 0.15) is 13.2 Å². The number of ether oxygens (including phenoxy) is 4. The molecule has 9 nitrogen and oxygen atoms in total. The number of carbonyl (C=O) groups is 3. The van der Waals surface area contributed by atoms with Gasteiger partial charge in [0, 0.05) is 12.8 Å². The van der Waals surface area contributed by atoms with Crippen molar-refractivity contribution in [3.63, 3.8) is 0 Å². The van der Waals surface area contributed by atoms with Crippen molar-refractivity contribution in [3.05, 3.63) is 48.6 Å². The number of unbranched alkanes of at least 4 members (excludes halogenated alkanes) is 52. The quantitative estimate of drug-likeness (QED) is 0.0195. The summed E-state index contributed by atoms with van der Waals surface area (Å²) in [6.45, 7) is 4.80. The number of aliphatic carboxylic acids is 1. The molecule has 0 aliphatic rings. The summed E-state index contributed by atoms with van der Waals surface area (Å²) in [5.41, 5.74) is 0. The molecule has 0 aliphatic heterocycles. The fourth-order valence-electron chi connectivity index (χ4n) is 12.0. The molecule has 0 rings (SSSR count). The number of carboxylic acids is 1. The highest BCUT2D eigenvalue weighted by molar-refractivity contribution is 5.70. The van der Waals surface area contributed by atoms with Crippen LogP contribution in [-0.4, -0.2) is 82.3 Å². The third kappa shape index (κ3) is 74.5. The Morgan fingerprint density at radius 1 is 0.330 bits per heavy atom. The topological polar surface area (TPSA) is 111 Å². The maximum absolute atomic E-state index is 13.0. The summed E-state index contributed by atoms with van der Waals surface area (Å²) in [7, 11) is 5.95. The maximum Gasteiger partial charge on any atom is 0.306 e. The molecule has 0 aromatic heterocycles. The van der Waals surface area contributed by atoms with Crippen molar-refractivity contribution < 1.29 is 42.9 Å². The number of hydrogen-bond donors (Lipinski definition) is 0. The summed E-state index contributed by atoms with van der Waals surface area (Å²) in [6, 6.07) is 0. The van der Waals surface area contributed by atoms with E-state index in [1.165, 1.54) is 315 Å². The molecular formula is C82H153NO8. The molecule has 0 aromatic carbocycles. The average Bonchev–Trinajstić information content (AvgIpc) is 3.46. The molecule has 0 aliphatic carbocycles. The van der Waals surface area contributed by atoms with Crippen molar-refractivity contribution in [3.8, 4) is 0 Å². The van der Waals surface area contributed by atoms with Crippen LogP contribution in [0.25, 0.3) is 0 Å². The molecule has 0 amide bonds. The molecule has 0 heterocycles. The van der Waals surface area contributed by atoms with Gasteiger partial charge >= 0.3 is 11.9 Å². The molecule has 0 aromatic rings. The molecule has 91 heavy (non-hydrogen) atoms. The van der Waals surface area contributed by atoms with E-state index in [0.717, 1.165) is 51.4 Å². The molecule has 0 saturated heterocycles. The van der Waals surface area contributed by atoms with Crippen LogP contribution in [0.5, 0.6) is 0 Å². The van der Waals surface area contributed by atoms with Gasteiger partial charge in [-0.3, -0.25) is 9.59 Å². The summed E-state index contributed by atoms with van der Waals surface area (Å²) in [5.74, 6) is -2.26. The lowest BCUT2D eigenvalue weighted by Gasteiger charge is -2.26. The van der Waals surface area contributed by atoms with E-state index in [1.54, 1.807) is 0 Å². The molecule has 2 unspecified atom stereocenters. The van der Waals surface area contributed by atoms with Crippen molar-refractivity contribution >= 4 is 17.9 Å². The second-order valence-electron chi connectivity index (χ2n) is 28.4. The number of allylic oxidation sites excluding steroid dienone is 8. The number of esters is 2. The van der Waals surface area contributed by atoms with Gasteiger partial charge in [-0.05, 0) is 77.0 Å². The molecule has 0 radical (unpaired) electrons. The predicted molar refractivity (Wildman–Crippen MR) is 389 cm³/mol. The SMILES string of the molecule is CCCCCCC/C=C\C/C=C\C/C=C\CCCCCCCCCCCCCCC(=O)OC(COC(=O)CCCCCCCCCCCCCCCCCCCCCCCCCCCCC/C=C\CCCCCCCCCC)COC(OCC[N+](C)(C)C)C(=O)[O-]. The fraction of sp³-hybridized carbons (Fsp3) is 0.866. The molecule has 9 heteroatoms. The van der Waals surface area contributed by atoms with E-state index in [0.29, 0.717) is 23.9 Å². The normalized spacial score (nSPS) is 12.8. The lowest BCUT2D eigenvalue weighted by molar-refractivity contribution is -0.870. The van der Waals surface area contributed by atoms with Gasteiger partial charge in [-0.1, -0.05) is 358 Å². The second kappa shape index (κ2) is 73.1. The Kier molecular flexibility index (Phi) is 70.9. The third-order valence-corrected chi connectivity index (χ3v) is 18.0. The first kappa shape index (κ1) is 88.2. The molecule has 0 fully saturated rings. The highest BCUT2D eigenvalue weighted by Gasteiger charge is 2.22. The van der Waals surface area contributed by atoms with Crippen LogP contribution in [0.2, 0.25) is 0 Å². The Morgan fingerprint density at radius 3 is 0.890 bits per heavy atom. The Labute approximate surface area is 565 Å². The van der Waals surface area contributed by atoms with Gasteiger partial charge in [-0.15, -0.1) is 0 Å². The van der Waals surface area contributed by atoms with Crippen LogP contribution in [0.4, 0.5) is 0 Å². The van der Waals surface area contributed by atoms with E-state index in [9.17, 15) is 19.5 Å². The lowest BCUT2D eigenvalue weighted by Crippen LogP contribution is -2.44. The first-order valence-corrected chi connectivity index (χ1v) is 39.8. The number of hydrogen-bond acceptors (Lipinski definition) is 8. The highest BCUT2D eigenvalue weighted by Crippen LogP contribution is 2.19. The number of quaternary nitrogens is 1. The van der Waals surface area contributed by atoms with E-state index >= 15 is 0 Å². The van der Waals surface area contributed by atoms with Gasteiger partial charge in [-0.25, -0.2) is 0 Å². The molecular weight excluding hydrogens is 1130 g/mol. The summed E-state index contributed by atoms with van der Waals surface area (Å²) < 4.78 is 22.9. The predicted octanol–water partition coefficient (Wildman–Crippen LogP) is 23.9. The minimum absolute atomic E-state index is 0.149. The maximum atomic E-state index is 13.0. The largest absolute Gasteiger partial charge is 0.545 e.